The van der Waals surface area contributed by atoms with Gasteiger partial charge in [0.05, 0.1) is 6.54 Å². The number of amides is 1. The Labute approximate surface area is 162 Å². The fourth-order valence-electron chi connectivity index (χ4n) is 3.00. The average Bonchev–Trinajstić information content (AvgIpc) is 3.21. The summed E-state index contributed by atoms with van der Waals surface area (Å²) in [6, 6.07) is 0. The monoisotopic (exact) mass is 395 g/mol. The summed E-state index contributed by atoms with van der Waals surface area (Å²) in [5.74, 6) is 0.963. The van der Waals surface area contributed by atoms with Crippen molar-refractivity contribution in [2.75, 3.05) is 19.6 Å². The highest BCUT2D eigenvalue weighted by atomic mass is 35.5. The van der Waals surface area contributed by atoms with Crippen LogP contribution in [0.3, 0.4) is 0 Å². The smallest absolute Gasteiger partial charge is 0.240 e. The number of carbonyl (C=O) groups excluding carboxylic acids is 1. The molecule has 1 unspecified atom stereocenters. The van der Waals surface area contributed by atoms with Gasteiger partial charge in [0.15, 0.2) is 5.82 Å². The summed E-state index contributed by atoms with van der Waals surface area (Å²) in [5.41, 5.74) is 5.11. The maximum Gasteiger partial charge on any atom is 0.240 e. The molecule has 0 saturated heterocycles. The van der Waals surface area contributed by atoms with Crippen LogP contribution in [0.1, 0.15) is 58.2 Å². The first kappa shape index (κ1) is 24.1. The molecule has 1 aliphatic rings. The fraction of sp³-hybridized carbons (Fsp3) is 0.812. The van der Waals surface area contributed by atoms with Crippen LogP contribution in [-0.4, -0.2) is 40.6 Å². The second-order valence-corrected chi connectivity index (χ2v) is 6.39. The Kier molecular flexibility index (Phi) is 10.6. The molecule has 1 fully saturated rings. The van der Waals surface area contributed by atoms with E-state index < -0.39 is 5.54 Å². The summed E-state index contributed by atoms with van der Waals surface area (Å²) in [5, 5.41) is 7.31. The van der Waals surface area contributed by atoms with Crippen LogP contribution in [-0.2, 0) is 16.9 Å². The number of carbonyl (C=O) groups is 1. The van der Waals surface area contributed by atoms with Crippen molar-refractivity contribution in [3.05, 3.63) is 11.7 Å². The highest BCUT2D eigenvalue weighted by molar-refractivity contribution is 5.85. The Morgan fingerprint density at radius 3 is 2.44 bits per heavy atom. The Hall–Kier alpha value is -0.890. The summed E-state index contributed by atoms with van der Waals surface area (Å²) in [6.07, 6.45) is 3.80. The number of hydrogen-bond acceptors (Lipinski definition) is 6. The average molecular weight is 396 g/mol. The quantitative estimate of drug-likeness (QED) is 0.700. The van der Waals surface area contributed by atoms with Crippen molar-refractivity contribution in [3.63, 3.8) is 0 Å². The molecule has 2 rings (SSSR count). The van der Waals surface area contributed by atoms with Crippen LogP contribution in [0.5, 0.6) is 0 Å². The lowest BCUT2D eigenvalue weighted by atomic mass is 9.95. The predicted molar refractivity (Wildman–Crippen MR) is 102 cm³/mol. The molecule has 7 nitrogen and oxygen atoms in total. The molecule has 3 N–H and O–H groups in total. The Morgan fingerprint density at radius 2 is 1.92 bits per heavy atom. The summed E-state index contributed by atoms with van der Waals surface area (Å²) in [6.45, 7) is 8.89. The van der Waals surface area contributed by atoms with E-state index in [0.717, 1.165) is 38.8 Å². The van der Waals surface area contributed by atoms with Crippen molar-refractivity contribution < 1.29 is 9.32 Å². The zero-order valence-electron chi connectivity index (χ0n) is 15.3. The number of nitrogens with one attached hydrogen (secondary N) is 1. The second-order valence-electron chi connectivity index (χ2n) is 6.39. The molecule has 25 heavy (non-hydrogen) atoms. The summed E-state index contributed by atoms with van der Waals surface area (Å²) in [7, 11) is 0. The molecule has 146 valence electrons. The van der Waals surface area contributed by atoms with Crippen LogP contribution < -0.4 is 11.1 Å². The lowest BCUT2D eigenvalue weighted by Gasteiger charge is -2.28. The molecule has 1 heterocycles. The van der Waals surface area contributed by atoms with E-state index in [9.17, 15) is 4.79 Å². The minimum atomic E-state index is -0.495. The number of nitrogens with zero attached hydrogens (tertiary/aromatic N) is 3. The highest BCUT2D eigenvalue weighted by Crippen LogP contribution is 2.37. The number of nitrogens with two attached hydrogens (primary N) is 1. The van der Waals surface area contributed by atoms with Crippen molar-refractivity contribution in [1.29, 1.82) is 0 Å². The SMILES string of the molecule is CCN(CC)Cc1nc(C2(NC(=O)C(C)CN)CCCC2)no1.Cl.Cl. The molecule has 1 aromatic heterocycles. The Balaban J connectivity index is 0.00000288. The van der Waals surface area contributed by atoms with E-state index in [1.807, 2.05) is 6.92 Å². The third kappa shape index (κ3) is 5.81. The van der Waals surface area contributed by atoms with E-state index in [1.165, 1.54) is 0 Å². The van der Waals surface area contributed by atoms with Gasteiger partial charge in [0.25, 0.3) is 0 Å². The van der Waals surface area contributed by atoms with E-state index in [0.29, 0.717) is 24.8 Å². The van der Waals surface area contributed by atoms with Crippen LogP contribution in [0.25, 0.3) is 0 Å². The summed E-state index contributed by atoms with van der Waals surface area (Å²) < 4.78 is 5.43. The number of hydrogen-bond donors (Lipinski definition) is 2. The van der Waals surface area contributed by atoms with Gasteiger partial charge in [-0.2, -0.15) is 4.98 Å². The van der Waals surface area contributed by atoms with E-state index in [1.54, 1.807) is 0 Å². The third-order valence-corrected chi connectivity index (χ3v) is 4.77. The maximum atomic E-state index is 12.3. The summed E-state index contributed by atoms with van der Waals surface area (Å²) in [4.78, 5) is 19.1. The second kappa shape index (κ2) is 11.0. The predicted octanol–water partition coefficient (Wildman–Crippen LogP) is 2.24. The number of halogens is 2. The van der Waals surface area contributed by atoms with Crippen molar-refractivity contribution in [2.24, 2.45) is 11.7 Å². The van der Waals surface area contributed by atoms with Gasteiger partial charge in [-0.15, -0.1) is 24.8 Å². The molecule has 1 aromatic rings. The normalized spacial score (nSPS) is 16.8. The fourth-order valence-corrected chi connectivity index (χ4v) is 3.00. The standard InChI is InChI=1S/C16H29N5O2.2ClH/c1-4-21(5-2)11-13-18-15(20-23-13)16(8-6-7-9-16)19-14(22)12(3)10-17;;/h12H,4-11,17H2,1-3H3,(H,19,22);2*1H. The Bertz CT molecular complexity index is 516. The first-order valence-electron chi connectivity index (χ1n) is 8.62. The van der Waals surface area contributed by atoms with Gasteiger partial charge >= 0.3 is 0 Å². The molecule has 1 aliphatic carbocycles. The largest absolute Gasteiger partial charge is 0.343 e. The van der Waals surface area contributed by atoms with Crippen LogP contribution in [0.4, 0.5) is 0 Å². The summed E-state index contributed by atoms with van der Waals surface area (Å²) >= 11 is 0. The van der Waals surface area contributed by atoms with E-state index >= 15 is 0 Å². The van der Waals surface area contributed by atoms with Crippen molar-refractivity contribution in [2.45, 2.75) is 58.5 Å². The zero-order chi connectivity index (χ0) is 16.9. The van der Waals surface area contributed by atoms with Gasteiger partial charge in [-0.05, 0) is 25.9 Å². The van der Waals surface area contributed by atoms with Gasteiger partial charge < -0.3 is 15.6 Å². The Morgan fingerprint density at radius 1 is 1.32 bits per heavy atom. The first-order valence-corrected chi connectivity index (χ1v) is 8.62. The molecule has 0 spiro atoms. The highest BCUT2D eigenvalue weighted by Gasteiger charge is 2.41. The van der Waals surface area contributed by atoms with Crippen LogP contribution in [0, 0.1) is 5.92 Å². The van der Waals surface area contributed by atoms with Crippen LogP contribution in [0.2, 0.25) is 0 Å². The topological polar surface area (TPSA) is 97.3 Å². The molecule has 0 radical (unpaired) electrons. The molecule has 1 atom stereocenters. The van der Waals surface area contributed by atoms with E-state index in [-0.39, 0.29) is 36.6 Å². The zero-order valence-corrected chi connectivity index (χ0v) is 16.9. The molecular formula is C16H31Cl2N5O2. The van der Waals surface area contributed by atoms with Gasteiger partial charge in [0.1, 0.15) is 5.54 Å². The van der Waals surface area contributed by atoms with Gasteiger partial charge in [-0.3, -0.25) is 9.69 Å². The van der Waals surface area contributed by atoms with Gasteiger partial charge in [-0.25, -0.2) is 0 Å². The molecule has 0 aliphatic heterocycles. The molecule has 9 heteroatoms. The molecule has 1 amide bonds. The van der Waals surface area contributed by atoms with E-state index in [2.05, 4.69) is 34.2 Å². The van der Waals surface area contributed by atoms with Gasteiger partial charge in [0.2, 0.25) is 11.8 Å². The lowest BCUT2D eigenvalue weighted by Crippen LogP contribution is -2.47. The first-order chi connectivity index (χ1) is 11.0. The van der Waals surface area contributed by atoms with Crippen LogP contribution in [0.15, 0.2) is 4.52 Å². The van der Waals surface area contributed by atoms with Gasteiger partial charge in [0, 0.05) is 12.5 Å². The lowest BCUT2D eigenvalue weighted by molar-refractivity contribution is -0.126. The van der Waals surface area contributed by atoms with Crippen molar-refractivity contribution in [3.8, 4) is 0 Å². The van der Waals surface area contributed by atoms with Gasteiger partial charge in [-0.1, -0.05) is 38.8 Å². The maximum absolute atomic E-state index is 12.3. The van der Waals surface area contributed by atoms with Crippen molar-refractivity contribution >= 4 is 30.7 Å². The molecule has 1 saturated carbocycles. The minimum Gasteiger partial charge on any atom is -0.343 e. The number of rotatable bonds is 8. The third-order valence-electron chi connectivity index (χ3n) is 4.77. The molecular weight excluding hydrogens is 365 g/mol. The molecule has 0 aromatic carbocycles. The molecule has 0 bridgehead atoms. The minimum absolute atomic E-state index is 0. The number of aromatic nitrogens is 2. The van der Waals surface area contributed by atoms with Crippen LogP contribution >= 0.6 is 24.8 Å². The van der Waals surface area contributed by atoms with Crippen molar-refractivity contribution in [1.82, 2.24) is 20.4 Å². The van der Waals surface area contributed by atoms with E-state index in [4.69, 9.17) is 10.3 Å².